The Labute approximate surface area is 105 Å². The fourth-order valence-corrected chi connectivity index (χ4v) is 1.29. The van der Waals surface area contributed by atoms with Gasteiger partial charge >= 0.3 is 12.3 Å². The normalized spacial score (nSPS) is 12.1. The van der Waals surface area contributed by atoms with E-state index in [2.05, 4.69) is 9.47 Å². The second-order valence-electron chi connectivity index (χ2n) is 5.04. The Bertz CT molecular complexity index is 431. The summed E-state index contributed by atoms with van der Waals surface area (Å²) in [6, 6.07) is 6.68. The third-order valence-corrected chi connectivity index (χ3v) is 2.16. The molecule has 3 nitrogen and oxygen atoms in total. The molecule has 0 bridgehead atoms. The Morgan fingerprint density at radius 2 is 1.78 bits per heavy atom. The number of benzene rings is 1. The molecule has 0 aromatic heterocycles. The van der Waals surface area contributed by atoms with E-state index in [0.29, 0.717) is 6.92 Å². The highest BCUT2D eigenvalue weighted by atomic mass is 19.3. The highest BCUT2D eigenvalue weighted by molar-refractivity contribution is 5.64. The lowest BCUT2D eigenvalue weighted by molar-refractivity contribution is -0.190. The quantitative estimate of drug-likeness (QED) is 0.591. The molecule has 100 valence electrons. The average molecular weight is 258 g/mol. The van der Waals surface area contributed by atoms with Crippen molar-refractivity contribution in [2.45, 2.75) is 39.2 Å². The number of rotatable bonds is 2. The molecule has 0 heterocycles. The van der Waals surface area contributed by atoms with Crippen LogP contribution in [0.5, 0.6) is 5.75 Å². The summed E-state index contributed by atoms with van der Waals surface area (Å²) in [7, 11) is 0. The molecule has 0 atom stereocenters. The molecule has 1 aromatic carbocycles. The van der Waals surface area contributed by atoms with Crippen molar-refractivity contribution in [2.24, 2.45) is 0 Å². The van der Waals surface area contributed by atoms with Gasteiger partial charge in [0.15, 0.2) is 0 Å². The van der Waals surface area contributed by atoms with Crippen molar-refractivity contribution in [2.75, 3.05) is 0 Å². The van der Waals surface area contributed by atoms with Gasteiger partial charge in [-0.25, -0.2) is 4.79 Å². The standard InChI is InChI=1S/C13H16F2O3/c1-12(2,3)9-6-5-7-10(8-9)17-11(16)18-13(4,14)15/h5-8H,1-4H3. The fourth-order valence-electron chi connectivity index (χ4n) is 1.29. The molecule has 0 unspecified atom stereocenters. The highest BCUT2D eigenvalue weighted by Gasteiger charge is 2.28. The summed E-state index contributed by atoms with van der Waals surface area (Å²) >= 11 is 0. The van der Waals surface area contributed by atoms with Gasteiger partial charge < -0.3 is 9.47 Å². The lowest BCUT2D eigenvalue weighted by Crippen LogP contribution is -2.23. The zero-order valence-electron chi connectivity index (χ0n) is 10.8. The maximum absolute atomic E-state index is 12.4. The number of alkyl halides is 2. The van der Waals surface area contributed by atoms with Crippen molar-refractivity contribution in [1.82, 2.24) is 0 Å². The molecule has 0 aliphatic heterocycles. The Balaban J connectivity index is 2.77. The van der Waals surface area contributed by atoms with Crippen molar-refractivity contribution < 1.29 is 23.0 Å². The van der Waals surface area contributed by atoms with Crippen molar-refractivity contribution in [1.29, 1.82) is 0 Å². The van der Waals surface area contributed by atoms with Gasteiger partial charge in [0.2, 0.25) is 0 Å². The van der Waals surface area contributed by atoms with Gasteiger partial charge in [-0.2, -0.15) is 8.78 Å². The molecule has 0 saturated heterocycles. The number of ether oxygens (including phenoxy) is 2. The lowest BCUT2D eigenvalue weighted by Gasteiger charge is -2.19. The molecule has 0 radical (unpaired) electrons. The Hall–Kier alpha value is -1.65. The van der Waals surface area contributed by atoms with Crippen molar-refractivity contribution >= 4 is 6.16 Å². The van der Waals surface area contributed by atoms with Gasteiger partial charge in [0.25, 0.3) is 0 Å². The van der Waals surface area contributed by atoms with Gasteiger partial charge in [-0.15, -0.1) is 0 Å². The molecule has 0 saturated carbocycles. The van der Waals surface area contributed by atoms with Crippen LogP contribution in [0.15, 0.2) is 24.3 Å². The Kier molecular flexibility index (Phi) is 3.94. The fraction of sp³-hybridized carbons (Fsp3) is 0.462. The van der Waals surface area contributed by atoms with Crippen molar-refractivity contribution in [3.8, 4) is 5.75 Å². The third-order valence-electron chi connectivity index (χ3n) is 2.16. The highest BCUT2D eigenvalue weighted by Crippen LogP contribution is 2.26. The molecule has 18 heavy (non-hydrogen) atoms. The van der Waals surface area contributed by atoms with Crippen LogP contribution in [0.4, 0.5) is 13.6 Å². The number of hydrogen-bond acceptors (Lipinski definition) is 3. The summed E-state index contributed by atoms with van der Waals surface area (Å²) in [6.07, 6.45) is -4.97. The molecule has 0 aliphatic carbocycles. The summed E-state index contributed by atoms with van der Waals surface area (Å²) < 4.78 is 33.3. The van der Waals surface area contributed by atoms with Crippen LogP contribution in [0.2, 0.25) is 0 Å². The van der Waals surface area contributed by atoms with Gasteiger partial charge in [0, 0.05) is 6.92 Å². The van der Waals surface area contributed by atoms with E-state index in [1.54, 1.807) is 12.1 Å². The molecule has 1 aromatic rings. The van der Waals surface area contributed by atoms with E-state index >= 15 is 0 Å². The van der Waals surface area contributed by atoms with Crippen LogP contribution >= 0.6 is 0 Å². The van der Waals surface area contributed by atoms with Crippen LogP contribution in [-0.2, 0) is 10.2 Å². The lowest BCUT2D eigenvalue weighted by atomic mass is 9.87. The first kappa shape index (κ1) is 14.4. The topological polar surface area (TPSA) is 35.5 Å². The number of hydrogen-bond donors (Lipinski definition) is 0. The predicted molar refractivity (Wildman–Crippen MR) is 62.9 cm³/mol. The second kappa shape index (κ2) is 4.92. The smallest absolute Gasteiger partial charge is 0.395 e. The maximum Gasteiger partial charge on any atom is 0.518 e. The third kappa shape index (κ3) is 4.69. The van der Waals surface area contributed by atoms with Gasteiger partial charge in [-0.1, -0.05) is 32.9 Å². The van der Waals surface area contributed by atoms with Crippen LogP contribution in [-0.4, -0.2) is 12.3 Å². The van der Waals surface area contributed by atoms with Crippen LogP contribution in [0, 0.1) is 0 Å². The molecule has 5 heteroatoms. The van der Waals surface area contributed by atoms with Crippen LogP contribution in [0.25, 0.3) is 0 Å². The molecule has 0 amide bonds. The molecule has 0 spiro atoms. The van der Waals surface area contributed by atoms with E-state index in [0.717, 1.165) is 5.56 Å². The van der Waals surface area contributed by atoms with Crippen LogP contribution < -0.4 is 4.74 Å². The zero-order chi connectivity index (χ0) is 14.0. The van der Waals surface area contributed by atoms with Gasteiger partial charge in [-0.05, 0) is 23.1 Å². The summed E-state index contributed by atoms with van der Waals surface area (Å²) in [5, 5.41) is 0. The molecule has 0 N–H and O–H groups in total. The minimum Gasteiger partial charge on any atom is -0.395 e. The molecular weight excluding hydrogens is 242 g/mol. The molecule has 0 aliphatic rings. The average Bonchev–Trinajstić information content (AvgIpc) is 2.13. The van der Waals surface area contributed by atoms with Gasteiger partial charge in [-0.3, -0.25) is 0 Å². The largest absolute Gasteiger partial charge is 0.518 e. The molecule has 0 fully saturated rings. The SMILES string of the molecule is CC(F)(F)OC(=O)Oc1cccc(C(C)(C)C)c1. The molecular formula is C13H16F2O3. The Morgan fingerprint density at radius 1 is 1.17 bits per heavy atom. The monoisotopic (exact) mass is 258 g/mol. The van der Waals surface area contributed by atoms with E-state index in [9.17, 15) is 13.6 Å². The maximum atomic E-state index is 12.4. The first-order valence-electron chi connectivity index (χ1n) is 5.47. The first-order chi connectivity index (χ1) is 8.08. The summed E-state index contributed by atoms with van der Waals surface area (Å²) in [6.45, 7) is 6.44. The van der Waals surface area contributed by atoms with E-state index in [-0.39, 0.29) is 11.2 Å². The van der Waals surface area contributed by atoms with Crippen molar-refractivity contribution in [3.63, 3.8) is 0 Å². The number of carbonyl (C=O) groups is 1. The van der Waals surface area contributed by atoms with Crippen LogP contribution in [0.3, 0.4) is 0 Å². The predicted octanol–water partition coefficient (Wildman–Crippen LogP) is 4.11. The van der Waals surface area contributed by atoms with Gasteiger partial charge in [0.1, 0.15) is 5.75 Å². The van der Waals surface area contributed by atoms with E-state index in [4.69, 9.17) is 0 Å². The summed E-state index contributed by atoms with van der Waals surface area (Å²) in [5.41, 5.74) is 0.800. The van der Waals surface area contributed by atoms with Crippen LogP contribution in [0.1, 0.15) is 33.3 Å². The second-order valence-corrected chi connectivity index (χ2v) is 5.04. The number of halogens is 2. The Morgan fingerprint density at radius 3 is 2.28 bits per heavy atom. The number of carbonyl (C=O) groups excluding carboxylic acids is 1. The zero-order valence-corrected chi connectivity index (χ0v) is 10.8. The van der Waals surface area contributed by atoms with Gasteiger partial charge in [0.05, 0.1) is 0 Å². The summed E-state index contributed by atoms with van der Waals surface area (Å²) in [4.78, 5) is 11.1. The first-order valence-corrected chi connectivity index (χ1v) is 5.47. The minimum atomic E-state index is -3.54. The minimum absolute atomic E-state index is 0.127. The van der Waals surface area contributed by atoms with E-state index < -0.39 is 12.3 Å². The van der Waals surface area contributed by atoms with Crippen molar-refractivity contribution in [3.05, 3.63) is 29.8 Å². The molecule has 1 rings (SSSR count). The van der Waals surface area contributed by atoms with E-state index in [1.165, 1.54) is 6.07 Å². The summed E-state index contributed by atoms with van der Waals surface area (Å²) in [5.74, 6) is 0.177. The van der Waals surface area contributed by atoms with E-state index in [1.807, 2.05) is 26.8 Å².